The average Bonchev–Trinajstić information content (AvgIpc) is 2.74. The van der Waals surface area contributed by atoms with E-state index in [1.54, 1.807) is 36.1 Å². The lowest BCUT2D eigenvalue weighted by Gasteiger charge is -2.37. The molecule has 2 amide bonds. The minimum Gasteiger partial charge on any atom is -0.336 e. The van der Waals surface area contributed by atoms with Crippen LogP contribution in [0.1, 0.15) is 22.8 Å². The van der Waals surface area contributed by atoms with Gasteiger partial charge in [0.1, 0.15) is 0 Å². The highest BCUT2D eigenvalue weighted by Crippen LogP contribution is 2.36. The summed E-state index contributed by atoms with van der Waals surface area (Å²) in [5.41, 5.74) is -0.727. The van der Waals surface area contributed by atoms with Crippen molar-refractivity contribution in [1.82, 2.24) is 9.80 Å². The predicted molar refractivity (Wildman–Crippen MR) is 108 cm³/mol. The number of rotatable bonds is 4. The number of nitrogens with one attached hydrogen (secondary N) is 1. The number of piperazine rings is 1. The quantitative estimate of drug-likeness (QED) is 0.779. The maximum atomic E-state index is 13.2. The molecule has 3 rings (SSSR count). The Balaban J connectivity index is 1.61. The second kappa shape index (κ2) is 9.06. The van der Waals surface area contributed by atoms with Gasteiger partial charge >= 0.3 is 6.18 Å². The van der Waals surface area contributed by atoms with Gasteiger partial charge in [-0.1, -0.05) is 29.8 Å². The smallest absolute Gasteiger partial charge is 0.336 e. The first-order valence-corrected chi connectivity index (χ1v) is 9.80. The number of hydrogen-bond donors (Lipinski definition) is 1. The van der Waals surface area contributed by atoms with E-state index in [4.69, 9.17) is 11.6 Å². The number of amides is 2. The molecular formula is C21H21ClF3N3O2. The van der Waals surface area contributed by atoms with Crippen molar-refractivity contribution >= 4 is 29.1 Å². The first kappa shape index (κ1) is 22.1. The van der Waals surface area contributed by atoms with E-state index in [0.717, 1.165) is 12.1 Å². The Morgan fingerprint density at radius 2 is 1.67 bits per heavy atom. The van der Waals surface area contributed by atoms with Gasteiger partial charge < -0.3 is 10.2 Å². The van der Waals surface area contributed by atoms with Crippen LogP contribution < -0.4 is 5.32 Å². The van der Waals surface area contributed by atoms with Gasteiger partial charge in [0.15, 0.2) is 0 Å². The minimum atomic E-state index is -4.64. The van der Waals surface area contributed by atoms with Crippen molar-refractivity contribution in [3.63, 3.8) is 0 Å². The Bertz CT molecular complexity index is 913. The van der Waals surface area contributed by atoms with Crippen molar-refractivity contribution in [3.8, 4) is 0 Å². The Morgan fingerprint density at radius 3 is 2.27 bits per heavy atom. The molecule has 1 aliphatic rings. The molecule has 30 heavy (non-hydrogen) atoms. The molecule has 1 fully saturated rings. The number of alkyl halides is 3. The number of benzene rings is 2. The molecule has 1 aliphatic heterocycles. The largest absolute Gasteiger partial charge is 0.418 e. The maximum absolute atomic E-state index is 13.2. The first-order chi connectivity index (χ1) is 14.2. The molecule has 1 saturated heterocycles. The predicted octanol–water partition coefficient (Wildman–Crippen LogP) is 4.14. The Morgan fingerprint density at radius 1 is 1.03 bits per heavy atom. The van der Waals surface area contributed by atoms with Crippen LogP contribution in [0.3, 0.4) is 0 Å². The molecular weight excluding hydrogens is 419 g/mol. The SMILES string of the molecule is C[C@H](C(=O)Nc1ccc(Cl)cc1C(F)(F)F)N1CCN(C(=O)c2ccccc2)CC1. The molecule has 1 heterocycles. The summed E-state index contributed by atoms with van der Waals surface area (Å²) in [5, 5.41) is 2.30. The van der Waals surface area contributed by atoms with Crippen LogP contribution in [0.15, 0.2) is 48.5 Å². The molecule has 0 aliphatic carbocycles. The number of hydrogen-bond acceptors (Lipinski definition) is 3. The Labute approximate surface area is 177 Å². The number of carbonyl (C=O) groups excluding carboxylic acids is 2. The van der Waals surface area contributed by atoms with E-state index in [-0.39, 0.29) is 16.6 Å². The van der Waals surface area contributed by atoms with E-state index >= 15 is 0 Å². The van der Waals surface area contributed by atoms with Crippen molar-refractivity contribution < 1.29 is 22.8 Å². The summed E-state index contributed by atoms with van der Waals surface area (Å²) in [6.07, 6.45) is -4.64. The summed E-state index contributed by atoms with van der Waals surface area (Å²) in [7, 11) is 0. The van der Waals surface area contributed by atoms with E-state index in [1.807, 2.05) is 11.0 Å². The summed E-state index contributed by atoms with van der Waals surface area (Å²) < 4.78 is 39.7. The summed E-state index contributed by atoms with van der Waals surface area (Å²) in [6, 6.07) is 11.5. The molecule has 0 spiro atoms. The molecule has 0 unspecified atom stereocenters. The fourth-order valence-electron chi connectivity index (χ4n) is 3.34. The van der Waals surface area contributed by atoms with Crippen LogP contribution in [0.5, 0.6) is 0 Å². The zero-order valence-electron chi connectivity index (χ0n) is 16.2. The van der Waals surface area contributed by atoms with Crippen LogP contribution in [0, 0.1) is 0 Å². The average molecular weight is 440 g/mol. The number of halogens is 4. The van der Waals surface area contributed by atoms with Crippen molar-refractivity contribution in [2.24, 2.45) is 0 Å². The molecule has 1 atom stereocenters. The second-order valence-corrected chi connectivity index (χ2v) is 7.48. The van der Waals surface area contributed by atoms with Gasteiger partial charge in [0.05, 0.1) is 17.3 Å². The monoisotopic (exact) mass is 439 g/mol. The van der Waals surface area contributed by atoms with E-state index in [0.29, 0.717) is 31.7 Å². The van der Waals surface area contributed by atoms with Gasteiger partial charge in [-0.05, 0) is 37.3 Å². The number of carbonyl (C=O) groups is 2. The highest BCUT2D eigenvalue weighted by molar-refractivity contribution is 6.30. The molecule has 1 N–H and O–H groups in total. The molecule has 9 heteroatoms. The number of nitrogens with zero attached hydrogens (tertiary/aromatic N) is 2. The van der Waals surface area contributed by atoms with E-state index in [9.17, 15) is 22.8 Å². The topological polar surface area (TPSA) is 52.7 Å². The van der Waals surface area contributed by atoms with E-state index in [1.165, 1.54) is 6.07 Å². The van der Waals surface area contributed by atoms with Crippen LogP contribution in [-0.4, -0.2) is 53.8 Å². The maximum Gasteiger partial charge on any atom is 0.418 e. The summed E-state index contributed by atoms with van der Waals surface area (Å²) in [4.78, 5) is 28.6. The minimum absolute atomic E-state index is 0.0624. The third-order valence-corrected chi connectivity index (χ3v) is 5.33. The zero-order valence-corrected chi connectivity index (χ0v) is 17.0. The Hall–Kier alpha value is -2.58. The molecule has 0 radical (unpaired) electrons. The highest BCUT2D eigenvalue weighted by atomic mass is 35.5. The lowest BCUT2D eigenvalue weighted by Crippen LogP contribution is -2.54. The second-order valence-electron chi connectivity index (χ2n) is 7.05. The van der Waals surface area contributed by atoms with Gasteiger partial charge in [0.2, 0.25) is 5.91 Å². The fraction of sp³-hybridized carbons (Fsp3) is 0.333. The molecule has 160 valence electrons. The summed E-state index contributed by atoms with van der Waals surface area (Å²) in [5.74, 6) is -0.631. The standard InChI is InChI=1S/C21H21ClF3N3O2/c1-14(19(29)26-18-8-7-16(22)13-17(18)21(23,24)25)27-9-11-28(12-10-27)20(30)15-5-3-2-4-6-15/h2-8,13-14H,9-12H2,1H3,(H,26,29)/t14-/m1/s1. The van der Waals surface area contributed by atoms with Gasteiger partial charge in [-0.2, -0.15) is 13.2 Å². The summed E-state index contributed by atoms with van der Waals surface area (Å²) >= 11 is 5.67. The lowest BCUT2D eigenvalue weighted by molar-refractivity contribution is -0.137. The van der Waals surface area contributed by atoms with Gasteiger partial charge in [0, 0.05) is 36.8 Å². The normalized spacial score (nSPS) is 16.2. The third-order valence-electron chi connectivity index (χ3n) is 5.09. The van der Waals surface area contributed by atoms with Crippen molar-refractivity contribution in [2.75, 3.05) is 31.5 Å². The molecule has 0 aromatic heterocycles. The van der Waals surface area contributed by atoms with E-state index in [2.05, 4.69) is 5.32 Å². The Kier molecular flexibility index (Phi) is 6.67. The van der Waals surface area contributed by atoms with Crippen LogP contribution in [0.2, 0.25) is 5.02 Å². The number of anilines is 1. The third kappa shape index (κ3) is 5.12. The van der Waals surface area contributed by atoms with Crippen LogP contribution >= 0.6 is 11.6 Å². The molecule has 0 saturated carbocycles. The highest BCUT2D eigenvalue weighted by Gasteiger charge is 2.35. The lowest BCUT2D eigenvalue weighted by atomic mass is 10.1. The zero-order chi connectivity index (χ0) is 21.9. The van der Waals surface area contributed by atoms with Crippen LogP contribution in [0.25, 0.3) is 0 Å². The van der Waals surface area contributed by atoms with Crippen molar-refractivity contribution in [3.05, 3.63) is 64.7 Å². The summed E-state index contributed by atoms with van der Waals surface area (Å²) in [6.45, 7) is 3.38. The fourth-order valence-corrected chi connectivity index (χ4v) is 3.51. The van der Waals surface area contributed by atoms with Crippen LogP contribution in [-0.2, 0) is 11.0 Å². The van der Waals surface area contributed by atoms with Crippen molar-refractivity contribution in [2.45, 2.75) is 19.1 Å². The van der Waals surface area contributed by atoms with Gasteiger partial charge in [-0.25, -0.2) is 0 Å². The van der Waals surface area contributed by atoms with Gasteiger partial charge in [-0.15, -0.1) is 0 Å². The van der Waals surface area contributed by atoms with Crippen molar-refractivity contribution in [1.29, 1.82) is 0 Å². The molecule has 5 nitrogen and oxygen atoms in total. The van der Waals surface area contributed by atoms with Crippen LogP contribution in [0.4, 0.5) is 18.9 Å². The molecule has 0 bridgehead atoms. The first-order valence-electron chi connectivity index (χ1n) is 9.43. The van der Waals surface area contributed by atoms with E-state index < -0.39 is 23.7 Å². The van der Waals surface area contributed by atoms with Gasteiger partial charge in [0.25, 0.3) is 5.91 Å². The van der Waals surface area contributed by atoms with Gasteiger partial charge in [-0.3, -0.25) is 14.5 Å². The molecule has 2 aromatic rings. The molecule has 2 aromatic carbocycles.